The topological polar surface area (TPSA) is 90.5 Å². The molecule has 118 valence electrons. The van der Waals surface area contributed by atoms with Gasteiger partial charge in [-0.1, -0.05) is 19.1 Å². The van der Waals surface area contributed by atoms with E-state index < -0.39 is 6.03 Å². The van der Waals surface area contributed by atoms with Crippen LogP contribution >= 0.6 is 0 Å². The maximum Gasteiger partial charge on any atom is 0.324 e. The summed E-state index contributed by atoms with van der Waals surface area (Å²) < 4.78 is 0. The number of nitrogens with one attached hydrogen (secondary N) is 3. The van der Waals surface area contributed by atoms with Crippen LogP contribution in [0.5, 0.6) is 0 Å². The SMILES string of the molecule is CCNCCNC(=O)c1cccc(CN2C(=O)CNC2=O)c1. The van der Waals surface area contributed by atoms with Gasteiger partial charge in [-0.25, -0.2) is 4.79 Å². The lowest BCUT2D eigenvalue weighted by atomic mass is 10.1. The molecule has 0 radical (unpaired) electrons. The standard InChI is InChI=1S/C15H20N4O3/c1-2-16-6-7-17-14(21)12-5-3-4-11(8-12)10-19-13(20)9-18-15(19)22/h3-5,8,16H,2,6-7,9-10H2,1H3,(H,17,21)(H,18,22). The molecule has 1 aliphatic heterocycles. The molecule has 0 unspecified atom stereocenters. The monoisotopic (exact) mass is 304 g/mol. The second kappa shape index (κ2) is 7.56. The number of urea groups is 1. The molecule has 0 atom stereocenters. The Morgan fingerprint density at radius 1 is 1.32 bits per heavy atom. The summed E-state index contributed by atoms with van der Waals surface area (Å²) in [5.41, 5.74) is 1.26. The number of benzene rings is 1. The lowest BCUT2D eigenvalue weighted by molar-refractivity contribution is -0.125. The number of hydrogen-bond donors (Lipinski definition) is 3. The first-order valence-corrected chi connectivity index (χ1v) is 7.28. The summed E-state index contributed by atoms with van der Waals surface area (Å²) in [6.45, 7) is 4.32. The molecule has 22 heavy (non-hydrogen) atoms. The van der Waals surface area contributed by atoms with Gasteiger partial charge in [0.1, 0.15) is 0 Å². The zero-order chi connectivity index (χ0) is 15.9. The quantitative estimate of drug-likeness (QED) is 0.491. The zero-order valence-electron chi connectivity index (χ0n) is 12.5. The average Bonchev–Trinajstić information content (AvgIpc) is 2.83. The maximum atomic E-state index is 12.0. The summed E-state index contributed by atoms with van der Waals surface area (Å²) in [6.07, 6.45) is 0. The Hall–Kier alpha value is -2.41. The normalized spacial score (nSPS) is 14.1. The second-order valence-corrected chi connectivity index (χ2v) is 4.95. The van der Waals surface area contributed by atoms with Gasteiger partial charge in [0.05, 0.1) is 13.1 Å². The van der Waals surface area contributed by atoms with Crippen LogP contribution < -0.4 is 16.0 Å². The Balaban J connectivity index is 1.96. The van der Waals surface area contributed by atoms with Crippen molar-refractivity contribution in [3.63, 3.8) is 0 Å². The fraction of sp³-hybridized carbons (Fsp3) is 0.400. The van der Waals surface area contributed by atoms with Crippen LogP contribution in [0.2, 0.25) is 0 Å². The van der Waals surface area contributed by atoms with Crippen LogP contribution in [0.3, 0.4) is 0 Å². The molecule has 1 fully saturated rings. The van der Waals surface area contributed by atoms with Crippen molar-refractivity contribution < 1.29 is 14.4 Å². The Kier molecular flexibility index (Phi) is 5.48. The van der Waals surface area contributed by atoms with E-state index in [0.717, 1.165) is 17.0 Å². The van der Waals surface area contributed by atoms with Crippen LogP contribution in [0.25, 0.3) is 0 Å². The number of amides is 4. The Morgan fingerprint density at radius 2 is 2.14 bits per heavy atom. The fourth-order valence-electron chi connectivity index (χ4n) is 2.15. The molecule has 2 rings (SSSR count). The first-order chi connectivity index (χ1) is 10.6. The predicted molar refractivity (Wildman–Crippen MR) is 81.3 cm³/mol. The lowest BCUT2D eigenvalue weighted by Gasteiger charge is -2.13. The third-order valence-corrected chi connectivity index (χ3v) is 3.30. The molecule has 1 saturated heterocycles. The number of likely N-dealkylation sites (N-methyl/N-ethyl adjacent to an activating group) is 1. The molecule has 0 saturated carbocycles. The summed E-state index contributed by atoms with van der Waals surface area (Å²) in [5.74, 6) is -0.428. The predicted octanol–water partition coefficient (Wildman–Crippen LogP) is 0.0777. The van der Waals surface area contributed by atoms with E-state index in [1.165, 1.54) is 0 Å². The van der Waals surface area contributed by atoms with Crippen LogP contribution in [0.4, 0.5) is 4.79 Å². The molecule has 1 aliphatic rings. The molecule has 1 heterocycles. The van der Waals surface area contributed by atoms with Crippen molar-refractivity contribution in [1.29, 1.82) is 0 Å². The van der Waals surface area contributed by atoms with E-state index in [0.29, 0.717) is 18.7 Å². The molecule has 7 heteroatoms. The molecule has 1 aromatic rings. The smallest absolute Gasteiger partial charge is 0.324 e. The third-order valence-electron chi connectivity index (χ3n) is 3.30. The Morgan fingerprint density at radius 3 is 2.82 bits per heavy atom. The number of carbonyl (C=O) groups is 3. The van der Waals surface area contributed by atoms with E-state index in [2.05, 4.69) is 16.0 Å². The van der Waals surface area contributed by atoms with E-state index in [1.807, 2.05) is 6.92 Å². The molecular weight excluding hydrogens is 284 g/mol. The lowest BCUT2D eigenvalue weighted by Crippen LogP contribution is -2.32. The summed E-state index contributed by atoms with van der Waals surface area (Å²) in [7, 11) is 0. The largest absolute Gasteiger partial charge is 0.351 e. The number of imide groups is 1. The molecule has 7 nitrogen and oxygen atoms in total. The van der Waals surface area contributed by atoms with Crippen molar-refractivity contribution in [2.45, 2.75) is 13.5 Å². The molecule has 3 N–H and O–H groups in total. The molecule has 0 spiro atoms. The Bertz CT molecular complexity index is 558. The van der Waals surface area contributed by atoms with Gasteiger partial charge >= 0.3 is 6.03 Å². The van der Waals surface area contributed by atoms with Gasteiger partial charge in [0.25, 0.3) is 5.91 Å². The molecule has 0 aromatic heterocycles. The number of nitrogens with zero attached hydrogens (tertiary/aromatic N) is 1. The van der Waals surface area contributed by atoms with Gasteiger partial charge in [-0.05, 0) is 24.2 Å². The van der Waals surface area contributed by atoms with E-state index in [9.17, 15) is 14.4 Å². The van der Waals surface area contributed by atoms with Gasteiger partial charge < -0.3 is 16.0 Å². The van der Waals surface area contributed by atoms with E-state index in [4.69, 9.17) is 0 Å². The van der Waals surface area contributed by atoms with Crippen molar-refractivity contribution in [1.82, 2.24) is 20.9 Å². The van der Waals surface area contributed by atoms with Crippen molar-refractivity contribution in [3.8, 4) is 0 Å². The minimum Gasteiger partial charge on any atom is -0.351 e. The van der Waals surface area contributed by atoms with Gasteiger partial charge in [-0.15, -0.1) is 0 Å². The first-order valence-electron chi connectivity index (χ1n) is 7.28. The number of hydrogen-bond acceptors (Lipinski definition) is 4. The zero-order valence-corrected chi connectivity index (χ0v) is 12.5. The summed E-state index contributed by atoms with van der Waals surface area (Å²) >= 11 is 0. The van der Waals surface area contributed by atoms with Crippen molar-refractivity contribution in [2.24, 2.45) is 0 Å². The first kappa shape index (κ1) is 16.0. The molecule has 4 amide bonds. The van der Waals surface area contributed by atoms with Gasteiger partial charge in [0.15, 0.2) is 0 Å². The fourth-order valence-corrected chi connectivity index (χ4v) is 2.15. The minimum absolute atomic E-state index is 0.0312. The summed E-state index contributed by atoms with van der Waals surface area (Å²) in [6, 6.07) is 6.53. The van der Waals surface area contributed by atoms with E-state index >= 15 is 0 Å². The van der Waals surface area contributed by atoms with Gasteiger partial charge in [0, 0.05) is 18.7 Å². The molecular formula is C15H20N4O3. The third kappa shape index (κ3) is 4.05. The van der Waals surface area contributed by atoms with E-state index in [1.54, 1.807) is 24.3 Å². The summed E-state index contributed by atoms with van der Waals surface area (Å²) in [4.78, 5) is 36.3. The molecule has 0 aliphatic carbocycles. The summed E-state index contributed by atoms with van der Waals surface area (Å²) in [5, 5.41) is 8.40. The van der Waals surface area contributed by atoms with Gasteiger partial charge in [-0.3, -0.25) is 14.5 Å². The number of rotatable bonds is 7. The van der Waals surface area contributed by atoms with Crippen LogP contribution in [0.15, 0.2) is 24.3 Å². The highest BCUT2D eigenvalue weighted by Crippen LogP contribution is 2.11. The highest BCUT2D eigenvalue weighted by Gasteiger charge is 2.28. The van der Waals surface area contributed by atoms with Gasteiger partial charge in [0.2, 0.25) is 5.91 Å². The van der Waals surface area contributed by atoms with Crippen molar-refractivity contribution >= 4 is 17.8 Å². The minimum atomic E-state index is -0.398. The Labute approximate surface area is 129 Å². The van der Waals surface area contributed by atoms with Gasteiger partial charge in [-0.2, -0.15) is 0 Å². The average molecular weight is 304 g/mol. The van der Waals surface area contributed by atoms with Crippen molar-refractivity contribution in [2.75, 3.05) is 26.2 Å². The second-order valence-electron chi connectivity index (χ2n) is 4.95. The van der Waals surface area contributed by atoms with Crippen LogP contribution in [0, 0.1) is 0 Å². The van der Waals surface area contributed by atoms with Crippen molar-refractivity contribution in [3.05, 3.63) is 35.4 Å². The maximum absolute atomic E-state index is 12.0. The van der Waals surface area contributed by atoms with Crippen LogP contribution in [-0.4, -0.2) is 48.9 Å². The molecule has 1 aromatic carbocycles. The van der Waals surface area contributed by atoms with Crippen LogP contribution in [0.1, 0.15) is 22.8 Å². The highest BCUT2D eigenvalue weighted by molar-refractivity contribution is 6.02. The highest BCUT2D eigenvalue weighted by atomic mass is 16.2. The van der Waals surface area contributed by atoms with Crippen LogP contribution in [-0.2, 0) is 11.3 Å². The molecule has 0 bridgehead atoms. The number of carbonyl (C=O) groups excluding carboxylic acids is 3. The van der Waals surface area contributed by atoms with E-state index in [-0.39, 0.29) is 24.9 Å².